The fourth-order valence-electron chi connectivity index (χ4n) is 4.51. The van der Waals surface area contributed by atoms with Crippen molar-refractivity contribution in [3.63, 3.8) is 0 Å². The lowest BCUT2D eigenvalue weighted by molar-refractivity contribution is -0.105. The molecule has 1 aromatic carbocycles. The molecule has 1 atom stereocenters. The number of hydrogen-bond acceptors (Lipinski definition) is 6. The highest BCUT2D eigenvalue weighted by atomic mass is 35.5. The third-order valence-corrected chi connectivity index (χ3v) is 7.95. The monoisotopic (exact) mass is 493 g/mol. The maximum atomic E-state index is 13.6. The van der Waals surface area contributed by atoms with E-state index in [0.29, 0.717) is 52.9 Å². The highest BCUT2D eigenvalue weighted by Crippen LogP contribution is 2.42. The van der Waals surface area contributed by atoms with Gasteiger partial charge in [0.1, 0.15) is 0 Å². The number of pyridine rings is 1. The van der Waals surface area contributed by atoms with E-state index in [1.165, 1.54) is 11.5 Å². The van der Waals surface area contributed by atoms with Crippen molar-refractivity contribution in [3.8, 4) is 0 Å². The summed E-state index contributed by atoms with van der Waals surface area (Å²) in [4.78, 5) is 30.8. The second-order valence-corrected chi connectivity index (χ2v) is 9.76. The van der Waals surface area contributed by atoms with E-state index in [0.717, 1.165) is 21.3 Å². The summed E-state index contributed by atoms with van der Waals surface area (Å²) in [6.45, 7) is 3.61. The van der Waals surface area contributed by atoms with Crippen LogP contribution in [0.2, 0.25) is 10.0 Å². The molecule has 0 radical (unpaired) electrons. The summed E-state index contributed by atoms with van der Waals surface area (Å²) in [6, 6.07) is 1.81. The van der Waals surface area contributed by atoms with Crippen molar-refractivity contribution in [2.45, 2.75) is 26.0 Å². The number of fused-ring (bicyclic) bond motifs is 2. The lowest BCUT2D eigenvalue weighted by Crippen LogP contribution is -2.39. The van der Waals surface area contributed by atoms with Gasteiger partial charge in [0.25, 0.3) is 11.5 Å². The summed E-state index contributed by atoms with van der Waals surface area (Å²) in [5.41, 5.74) is 2.91. The molecule has 168 valence electrons. The van der Waals surface area contributed by atoms with E-state index in [2.05, 4.69) is 9.36 Å². The third kappa shape index (κ3) is 3.45. The van der Waals surface area contributed by atoms with Crippen LogP contribution in [0.4, 0.5) is 0 Å². The Balaban J connectivity index is 1.54. The molecule has 3 aromatic rings. The first-order chi connectivity index (χ1) is 15.4. The average molecular weight is 494 g/mol. The van der Waals surface area contributed by atoms with Crippen LogP contribution in [0.1, 0.15) is 38.8 Å². The molecule has 0 saturated carbocycles. The Kier molecular flexibility index (Phi) is 5.75. The Morgan fingerprint density at radius 1 is 1.38 bits per heavy atom. The van der Waals surface area contributed by atoms with Crippen molar-refractivity contribution < 1.29 is 14.3 Å². The van der Waals surface area contributed by atoms with Crippen LogP contribution < -0.4 is 5.56 Å². The molecular weight excluding hydrogens is 473 g/mol. The number of methoxy groups -OCH3 is 1. The van der Waals surface area contributed by atoms with Crippen molar-refractivity contribution in [2.24, 2.45) is 5.92 Å². The Labute approximate surface area is 198 Å². The minimum Gasteiger partial charge on any atom is -0.380 e. The van der Waals surface area contributed by atoms with Crippen LogP contribution >= 0.6 is 34.7 Å². The summed E-state index contributed by atoms with van der Waals surface area (Å²) in [6.07, 6.45) is 1.93. The molecule has 0 spiro atoms. The van der Waals surface area contributed by atoms with E-state index in [1.807, 2.05) is 13.0 Å². The van der Waals surface area contributed by atoms with Gasteiger partial charge >= 0.3 is 0 Å². The van der Waals surface area contributed by atoms with Gasteiger partial charge in [-0.25, -0.2) is 0 Å². The average Bonchev–Trinajstić information content (AvgIpc) is 3.22. The van der Waals surface area contributed by atoms with E-state index in [-0.39, 0.29) is 30.0 Å². The standard InChI is InChI=1S/C22H21Cl2N3O4S/c1-10-20-14(6-25-32-20)15(21(28)26-10)7-27-4-3-12-16(23)5-13(18(24)17(12)22(27)29)19(30-2)11-8-31-9-11/h5-6,11,19H,3-4,7-9H2,1-2H3,(H,26,28). The number of hydrogen-bond donors (Lipinski definition) is 1. The number of nitrogens with zero attached hydrogens (tertiary/aromatic N) is 2. The van der Waals surface area contributed by atoms with Crippen molar-refractivity contribution in [3.05, 3.63) is 60.6 Å². The number of carbonyl (C=O) groups excluding carboxylic acids is 1. The van der Waals surface area contributed by atoms with Gasteiger partial charge in [-0.2, -0.15) is 4.37 Å². The molecule has 10 heteroatoms. The van der Waals surface area contributed by atoms with E-state index in [4.69, 9.17) is 32.7 Å². The third-order valence-electron chi connectivity index (χ3n) is 6.29. The number of amides is 1. The number of rotatable bonds is 5. The summed E-state index contributed by atoms with van der Waals surface area (Å²) in [5, 5.41) is 1.64. The smallest absolute Gasteiger partial charge is 0.256 e. The normalized spacial score (nSPS) is 17.5. The molecule has 1 amide bonds. The molecule has 1 N–H and O–H groups in total. The number of nitrogens with one attached hydrogen (secondary N) is 1. The van der Waals surface area contributed by atoms with E-state index < -0.39 is 0 Å². The van der Waals surface area contributed by atoms with E-state index in [1.54, 1.807) is 18.2 Å². The number of aromatic nitrogens is 2. The predicted molar refractivity (Wildman–Crippen MR) is 124 cm³/mol. The number of benzene rings is 1. The van der Waals surface area contributed by atoms with Crippen LogP contribution in [-0.2, 0) is 22.4 Å². The molecule has 1 unspecified atom stereocenters. The van der Waals surface area contributed by atoms with Crippen molar-refractivity contribution >= 4 is 50.7 Å². The highest BCUT2D eigenvalue weighted by molar-refractivity contribution is 7.13. The Bertz CT molecular complexity index is 1280. The molecule has 0 bridgehead atoms. The van der Waals surface area contributed by atoms with Crippen LogP contribution in [0.3, 0.4) is 0 Å². The van der Waals surface area contributed by atoms with Gasteiger partial charge in [0.2, 0.25) is 0 Å². The maximum absolute atomic E-state index is 13.6. The van der Waals surface area contributed by atoms with Crippen LogP contribution in [0, 0.1) is 12.8 Å². The van der Waals surface area contributed by atoms with Gasteiger partial charge in [-0.1, -0.05) is 23.2 Å². The SMILES string of the molecule is COC(c1cc(Cl)c2c(c1Cl)C(=O)N(Cc1c(=O)[nH]c(C)c3sncc13)CC2)C1COC1. The number of aromatic amines is 1. The fourth-order valence-corrected chi connectivity index (χ4v) is 5.90. The first kappa shape index (κ1) is 21.9. The fraction of sp³-hybridized carbons (Fsp3) is 0.409. The zero-order chi connectivity index (χ0) is 22.6. The largest absolute Gasteiger partial charge is 0.380 e. The van der Waals surface area contributed by atoms with Gasteiger partial charge in [-0.3, -0.25) is 9.59 Å². The van der Waals surface area contributed by atoms with Crippen molar-refractivity contribution in [1.29, 1.82) is 0 Å². The molecule has 2 aliphatic rings. The van der Waals surface area contributed by atoms with Gasteiger partial charge in [0.05, 0.1) is 41.1 Å². The van der Waals surface area contributed by atoms with Gasteiger partial charge < -0.3 is 19.4 Å². The summed E-state index contributed by atoms with van der Waals surface area (Å²) < 4.78 is 16.1. The molecule has 1 fully saturated rings. The molecule has 0 aliphatic carbocycles. The lowest BCUT2D eigenvalue weighted by Gasteiger charge is -2.35. The Hall–Kier alpha value is -1.97. The minimum atomic E-state index is -0.307. The molecule has 1 saturated heterocycles. The number of aryl methyl sites for hydroxylation is 1. The van der Waals surface area contributed by atoms with Crippen LogP contribution in [0.25, 0.3) is 10.1 Å². The number of halogens is 2. The van der Waals surface area contributed by atoms with Gasteiger partial charge in [-0.15, -0.1) is 0 Å². The second kappa shape index (κ2) is 8.43. The first-order valence-electron chi connectivity index (χ1n) is 10.3. The van der Waals surface area contributed by atoms with E-state index in [9.17, 15) is 9.59 Å². The lowest BCUT2D eigenvalue weighted by atomic mass is 9.89. The minimum absolute atomic E-state index is 0.159. The van der Waals surface area contributed by atoms with E-state index >= 15 is 0 Å². The topological polar surface area (TPSA) is 84.5 Å². The molecule has 2 aliphatic heterocycles. The first-order valence-corrected chi connectivity index (χ1v) is 11.8. The van der Waals surface area contributed by atoms with Crippen LogP contribution in [0.15, 0.2) is 17.1 Å². The van der Waals surface area contributed by atoms with Gasteiger partial charge in [-0.05, 0) is 36.5 Å². The summed E-state index contributed by atoms with van der Waals surface area (Å²) in [5.74, 6) is -0.0806. The Morgan fingerprint density at radius 2 is 2.16 bits per heavy atom. The Morgan fingerprint density at radius 3 is 2.84 bits per heavy atom. The van der Waals surface area contributed by atoms with Crippen molar-refractivity contribution in [1.82, 2.24) is 14.3 Å². The van der Waals surface area contributed by atoms with Crippen LogP contribution in [0.5, 0.6) is 0 Å². The molecule has 2 aromatic heterocycles. The predicted octanol–water partition coefficient (Wildman–Crippen LogP) is 4.13. The zero-order valence-electron chi connectivity index (χ0n) is 17.5. The highest BCUT2D eigenvalue weighted by Gasteiger charge is 2.36. The molecule has 7 nitrogen and oxygen atoms in total. The number of H-pyrrole nitrogens is 1. The van der Waals surface area contributed by atoms with Gasteiger partial charge in [0, 0.05) is 53.0 Å². The zero-order valence-corrected chi connectivity index (χ0v) is 19.9. The second-order valence-electron chi connectivity index (χ2n) is 8.17. The summed E-state index contributed by atoms with van der Waals surface area (Å²) >= 11 is 14.7. The quantitative estimate of drug-likeness (QED) is 0.577. The van der Waals surface area contributed by atoms with Crippen LogP contribution in [-0.4, -0.2) is 47.0 Å². The molecular formula is C22H21Cl2N3O4S. The molecule has 4 heterocycles. The van der Waals surface area contributed by atoms with Gasteiger partial charge in [0.15, 0.2) is 0 Å². The van der Waals surface area contributed by atoms with Crippen molar-refractivity contribution in [2.75, 3.05) is 26.9 Å². The number of carbonyl (C=O) groups is 1. The molecule has 32 heavy (non-hydrogen) atoms. The summed E-state index contributed by atoms with van der Waals surface area (Å²) in [7, 11) is 1.62. The molecule has 5 rings (SSSR count). The number of ether oxygens (including phenoxy) is 2. The maximum Gasteiger partial charge on any atom is 0.256 e.